The Morgan fingerprint density at radius 1 is 1.00 bits per heavy atom. The van der Waals surface area contributed by atoms with Crippen LogP contribution in [0.1, 0.15) is 6.92 Å². The molecule has 0 radical (unpaired) electrons. The Hall–Kier alpha value is -0.850. The number of rotatable bonds is 14. The lowest BCUT2D eigenvalue weighted by Crippen LogP contribution is -2.59. The smallest absolute Gasteiger partial charge is 0.217 e. The molecular weight excluding hydrogens is 348 g/mol. The van der Waals surface area contributed by atoms with Crippen LogP contribution < -0.4 is 11.1 Å². The average Bonchev–Trinajstić information content (AvgIpc) is 2.61. The van der Waals surface area contributed by atoms with Crippen LogP contribution in [0, 0.1) is 0 Å². The van der Waals surface area contributed by atoms with Gasteiger partial charge in [-0.1, -0.05) is 0 Å². The van der Waals surface area contributed by atoms with E-state index in [1.807, 2.05) is 0 Å². The molecule has 10 nitrogen and oxygen atoms in total. The van der Waals surface area contributed by atoms with Crippen molar-refractivity contribution < 1.29 is 38.7 Å². The van der Waals surface area contributed by atoms with Crippen LogP contribution in [0.2, 0.25) is 0 Å². The van der Waals surface area contributed by atoms with Gasteiger partial charge in [0.2, 0.25) is 5.91 Å². The van der Waals surface area contributed by atoms with E-state index in [0.717, 1.165) is 0 Å². The molecule has 1 amide bonds. The molecule has 0 bridgehead atoms. The third-order valence-corrected chi connectivity index (χ3v) is 3.68. The average molecular weight is 380 g/mol. The van der Waals surface area contributed by atoms with Gasteiger partial charge >= 0.3 is 0 Å². The summed E-state index contributed by atoms with van der Waals surface area (Å²) in [6.07, 6.45) is -2.87. The second kappa shape index (κ2) is 14.2. The highest BCUT2D eigenvalue weighted by molar-refractivity contribution is 5.73. The van der Waals surface area contributed by atoms with E-state index >= 15 is 0 Å². The lowest BCUT2D eigenvalue weighted by molar-refractivity contribution is -0.171. The quantitative estimate of drug-likeness (QED) is 0.243. The molecule has 0 saturated carbocycles. The first-order valence-electron chi connectivity index (χ1n) is 8.82. The number of nitrogens with one attached hydrogen (secondary N) is 1. The molecule has 154 valence electrons. The van der Waals surface area contributed by atoms with Gasteiger partial charge in [-0.15, -0.1) is 0 Å². The van der Waals surface area contributed by atoms with Crippen molar-refractivity contribution in [2.75, 3.05) is 66.0 Å². The molecule has 0 aromatic rings. The summed E-state index contributed by atoms with van der Waals surface area (Å²) in [4.78, 5) is 11.0. The first-order chi connectivity index (χ1) is 12.6. The van der Waals surface area contributed by atoms with E-state index in [1.54, 1.807) is 0 Å². The van der Waals surface area contributed by atoms with Crippen LogP contribution >= 0.6 is 0 Å². The zero-order chi connectivity index (χ0) is 19.2. The number of carbonyl (C=O) groups excluding carboxylic acids is 1. The summed E-state index contributed by atoms with van der Waals surface area (Å²) in [6, 6.07) is -0.622. The van der Waals surface area contributed by atoms with Crippen molar-refractivity contribution in [1.82, 2.24) is 5.32 Å². The minimum Gasteiger partial charge on any atom is -0.388 e. The molecule has 5 N–H and O–H groups in total. The van der Waals surface area contributed by atoms with Gasteiger partial charge in [-0.3, -0.25) is 4.79 Å². The van der Waals surface area contributed by atoms with Crippen molar-refractivity contribution in [3.63, 3.8) is 0 Å². The topological polar surface area (TPSA) is 142 Å². The van der Waals surface area contributed by atoms with Crippen molar-refractivity contribution in [2.45, 2.75) is 31.3 Å². The standard InChI is InChI=1S/C16H32N2O8/c1-12(19)18-13-10-26-14(16(21)15(13)20)11-25-9-8-24-7-6-23-5-4-22-3-2-17/h13-16,20-21H,2-11,17H2,1H3,(H,18,19)/t13-,14+,15+,16-/m0/s1. The summed E-state index contributed by atoms with van der Waals surface area (Å²) >= 11 is 0. The van der Waals surface area contributed by atoms with Crippen LogP contribution in [0.4, 0.5) is 0 Å². The number of hydrogen-bond donors (Lipinski definition) is 4. The fraction of sp³-hybridized carbons (Fsp3) is 0.938. The van der Waals surface area contributed by atoms with Gasteiger partial charge in [0, 0.05) is 13.5 Å². The minimum atomic E-state index is -1.13. The Kier molecular flexibility index (Phi) is 12.7. The number of aliphatic hydroxyl groups is 2. The first kappa shape index (κ1) is 23.2. The fourth-order valence-corrected chi connectivity index (χ4v) is 2.36. The number of nitrogens with two attached hydrogens (primary N) is 1. The highest BCUT2D eigenvalue weighted by Gasteiger charge is 2.38. The van der Waals surface area contributed by atoms with Crippen molar-refractivity contribution in [3.8, 4) is 0 Å². The van der Waals surface area contributed by atoms with Crippen molar-refractivity contribution in [2.24, 2.45) is 5.73 Å². The van der Waals surface area contributed by atoms with Crippen molar-refractivity contribution in [3.05, 3.63) is 0 Å². The maximum atomic E-state index is 11.0. The van der Waals surface area contributed by atoms with Gasteiger partial charge in [0.25, 0.3) is 0 Å². The van der Waals surface area contributed by atoms with E-state index in [-0.39, 0.29) is 19.1 Å². The van der Waals surface area contributed by atoms with Crippen molar-refractivity contribution >= 4 is 5.91 Å². The maximum absolute atomic E-state index is 11.0. The number of aliphatic hydroxyl groups excluding tert-OH is 2. The molecule has 1 aliphatic heterocycles. The third-order valence-electron chi connectivity index (χ3n) is 3.68. The molecule has 0 aromatic carbocycles. The zero-order valence-corrected chi connectivity index (χ0v) is 15.3. The molecule has 0 unspecified atom stereocenters. The monoisotopic (exact) mass is 380 g/mol. The molecule has 10 heteroatoms. The Morgan fingerprint density at radius 2 is 1.54 bits per heavy atom. The third kappa shape index (κ3) is 9.74. The van der Waals surface area contributed by atoms with Crippen LogP contribution in [-0.4, -0.2) is 106 Å². The Morgan fingerprint density at radius 3 is 2.08 bits per heavy atom. The second-order valence-electron chi connectivity index (χ2n) is 5.86. The van der Waals surface area contributed by atoms with E-state index in [4.69, 9.17) is 29.4 Å². The minimum absolute atomic E-state index is 0.120. The van der Waals surface area contributed by atoms with Crippen LogP contribution in [-0.2, 0) is 28.5 Å². The highest BCUT2D eigenvalue weighted by atomic mass is 16.6. The van der Waals surface area contributed by atoms with Crippen LogP contribution in [0.5, 0.6) is 0 Å². The molecule has 0 aromatic heterocycles. The Labute approximate surface area is 153 Å². The molecule has 26 heavy (non-hydrogen) atoms. The van der Waals surface area contributed by atoms with Crippen molar-refractivity contribution in [1.29, 1.82) is 0 Å². The number of hydrogen-bond acceptors (Lipinski definition) is 9. The summed E-state index contributed by atoms with van der Waals surface area (Å²) in [5.74, 6) is -0.288. The lowest BCUT2D eigenvalue weighted by Gasteiger charge is -2.37. The van der Waals surface area contributed by atoms with E-state index in [1.165, 1.54) is 6.92 Å². The summed E-state index contributed by atoms with van der Waals surface area (Å²) in [5.41, 5.74) is 5.29. The lowest BCUT2D eigenvalue weighted by atomic mass is 9.98. The summed E-state index contributed by atoms with van der Waals surface area (Å²) in [6.45, 7) is 5.25. The van der Waals surface area contributed by atoms with E-state index < -0.39 is 24.4 Å². The van der Waals surface area contributed by atoms with Gasteiger partial charge in [0.05, 0.1) is 65.5 Å². The number of carbonyl (C=O) groups is 1. The van der Waals surface area contributed by atoms with E-state index in [0.29, 0.717) is 52.8 Å². The SMILES string of the molecule is CC(=O)N[C@H]1CO[C@H](COCCOCCOCCOCCN)[C@H](O)[C@@H]1O. The van der Waals surface area contributed by atoms with Crippen LogP contribution in [0.15, 0.2) is 0 Å². The molecule has 1 heterocycles. The molecular formula is C16H32N2O8. The highest BCUT2D eigenvalue weighted by Crippen LogP contribution is 2.16. The summed E-state index contributed by atoms with van der Waals surface area (Å²) in [5, 5.41) is 22.6. The molecule has 1 aliphatic rings. The van der Waals surface area contributed by atoms with E-state index in [9.17, 15) is 15.0 Å². The van der Waals surface area contributed by atoms with E-state index in [2.05, 4.69) is 5.32 Å². The van der Waals surface area contributed by atoms with Crippen LogP contribution in [0.25, 0.3) is 0 Å². The molecule has 4 atom stereocenters. The fourth-order valence-electron chi connectivity index (χ4n) is 2.36. The summed E-state index contributed by atoms with van der Waals surface area (Å²) in [7, 11) is 0. The van der Waals surface area contributed by atoms with Gasteiger partial charge in [0.15, 0.2) is 0 Å². The normalized spacial score (nSPS) is 26.0. The molecule has 1 saturated heterocycles. The number of amides is 1. The molecule has 1 fully saturated rings. The second-order valence-corrected chi connectivity index (χ2v) is 5.86. The number of ether oxygens (including phenoxy) is 5. The maximum Gasteiger partial charge on any atom is 0.217 e. The molecule has 0 spiro atoms. The molecule has 1 rings (SSSR count). The predicted octanol–water partition coefficient (Wildman–Crippen LogP) is -2.36. The van der Waals surface area contributed by atoms with Crippen LogP contribution in [0.3, 0.4) is 0 Å². The Bertz CT molecular complexity index is 374. The zero-order valence-electron chi connectivity index (χ0n) is 15.3. The van der Waals surface area contributed by atoms with Gasteiger partial charge in [0.1, 0.15) is 18.3 Å². The van der Waals surface area contributed by atoms with Gasteiger partial charge in [-0.05, 0) is 0 Å². The molecule has 0 aliphatic carbocycles. The van der Waals surface area contributed by atoms with Gasteiger partial charge in [-0.2, -0.15) is 0 Å². The van der Waals surface area contributed by atoms with Gasteiger partial charge < -0.3 is 44.9 Å². The largest absolute Gasteiger partial charge is 0.388 e. The first-order valence-corrected chi connectivity index (χ1v) is 8.82. The predicted molar refractivity (Wildman–Crippen MR) is 91.7 cm³/mol. The summed E-state index contributed by atoms with van der Waals surface area (Å²) < 4.78 is 26.7. The van der Waals surface area contributed by atoms with Gasteiger partial charge in [-0.25, -0.2) is 0 Å². The Balaban J connectivity index is 1.97.